The largest absolute Gasteiger partial charge is 0.502 e. The Hall–Kier alpha value is -0.640. The molecule has 1 aromatic carbocycles. The molecule has 0 aliphatic carbocycles. The standard InChI is InChI=1S/C16H22BrN3O4.2ClH/c17-12-9-13(16(21)14(10-12)20(22)23)15(11-1-7-24-8-2-11)19-5-3-18-4-6-19;;/h9-11,15,18,21H,1-8H2;2*1H/t15-;;/m0../s1. The number of piperazine rings is 1. The SMILES string of the molecule is Cl.Cl.O=[N+]([O-])c1cc(Br)cc([C@H](C2CCOCC2)N2CCNCC2)c1O. The molecule has 2 heterocycles. The van der Waals surface area contributed by atoms with Crippen LogP contribution < -0.4 is 5.32 Å². The molecule has 1 atom stereocenters. The van der Waals surface area contributed by atoms with Gasteiger partial charge in [-0.15, -0.1) is 24.8 Å². The summed E-state index contributed by atoms with van der Waals surface area (Å²) in [6.45, 7) is 4.89. The van der Waals surface area contributed by atoms with Crippen molar-refractivity contribution in [2.75, 3.05) is 39.4 Å². The molecule has 10 heteroatoms. The van der Waals surface area contributed by atoms with Crippen LogP contribution in [0.4, 0.5) is 5.69 Å². The second-order valence-corrected chi connectivity index (χ2v) is 7.22. The number of phenolic OH excluding ortho intramolecular Hbond substituents is 1. The smallest absolute Gasteiger partial charge is 0.312 e. The van der Waals surface area contributed by atoms with Crippen LogP contribution in [0.15, 0.2) is 16.6 Å². The molecule has 2 N–H and O–H groups in total. The van der Waals surface area contributed by atoms with Crippen molar-refractivity contribution in [1.82, 2.24) is 10.2 Å². The van der Waals surface area contributed by atoms with Crippen LogP contribution in [0.3, 0.4) is 0 Å². The highest BCUT2D eigenvalue weighted by Gasteiger charge is 2.35. The van der Waals surface area contributed by atoms with E-state index in [0.29, 0.717) is 29.2 Å². The van der Waals surface area contributed by atoms with Crippen LogP contribution in [0.2, 0.25) is 0 Å². The number of hydrogen-bond acceptors (Lipinski definition) is 6. The maximum absolute atomic E-state index is 11.3. The summed E-state index contributed by atoms with van der Waals surface area (Å²) in [7, 11) is 0. The number of aromatic hydroxyl groups is 1. The monoisotopic (exact) mass is 471 g/mol. The fourth-order valence-electron chi connectivity index (χ4n) is 3.71. The van der Waals surface area contributed by atoms with Gasteiger partial charge in [-0.1, -0.05) is 15.9 Å². The lowest BCUT2D eigenvalue weighted by Crippen LogP contribution is -2.47. The average molecular weight is 473 g/mol. The first kappa shape index (κ1) is 23.4. The van der Waals surface area contributed by atoms with Crippen molar-refractivity contribution >= 4 is 46.4 Å². The molecule has 3 rings (SSSR count). The van der Waals surface area contributed by atoms with Crippen LogP contribution in [0.25, 0.3) is 0 Å². The van der Waals surface area contributed by atoms with Crippen LogP contribution in [-0.4, -0.2) is 54.3 Å². The van der Waals surface area contributed by atoms with Crippen molar-refractivity contribution in [2.24, 2.45) is 5.92 Å². The molecule has 2 fully saturated rings. The van der Waals surface area contributed by atoms with Crippen LogP contribution in [0, 0.1) is 16.0 Å². The van der Waals surface area contributed by atoms with E-state index >= 15 is 0 Å². The van der Waals surface area contributed by atoms with Crippen LogP contribution in [-0.2, 0) is 4.74 Å². The van der Waals surface area contributed by atoms with E-state index in [0.717, 1.165) is 39.0 Å². The highest BCUT2D eigenvalue weighted by Crippen LogP contribution is 2.44. The minimum absolute atomic E-state index is 0. The van der Waals surface area contributed by atoms with Gasteiger partial charge in [0, 0.05) is 61.5 Å². The lowest BCUT2D eigenvalue weighted by molar-refractivity contribution is -0.386. The Labute approximate surface area is 173 Å². The number of benzene rings is 1. The number of rotatable bonds is 4. The Kier molecular flexibility index (Phi) is 9.57. The first-order chi connectivity index (χ1) is 11.6. The van der Waals surface area contributed by atoms with E-state index in [-0.39, 0.29) is 42.3 Å². The number of phenols is 1. The molecule has 0 saturated carbocycles. The lowest BCUT2D eigenvalue weighted by Gasteiger charge is -2.41. The third kappa shape index (κ3) is 5.21. The zero-order valence-corrected chi connectivity index (χ0v) is 17.4. The molecule has 0 amide bonds. The molecule has 0 aromatic heterocycles. The van der Waals surface area contributed by atoms with E-state index in [1.165, 1.54) is 6.07 Å². The highest BCUT2D eigenvalue weighted by atomic mass is 79.9. The summed E-state index contributed by atoms with van der Waals surface area (Å²) in [4.78, 5) is 13.1. The second kappa shape index (κ2) is 10.6. The van der Waals surface area contributed by atoms with Gasteiger partial charge in [0.2, 0.25) is 0 Å². The molecule has 2 saturated heterocycles. The van der Waals surface area contributed by atoms with Gasteiger partial charge in [-0.05, 0) is 24.8 Å². The van der Waals surface area contributed by atoms with E-state index in [2.05, 4.69) is 26.1 Å². The van der Waals surface area contributed by atoms with Gasteiger partial charge < -0.3 is 15.2 Å². The number of halogens is 3. The summed E-state index contributed by atoms with van der Waals surface area (Å²) in [6.07, 6.45) is 1.79. The quantitative estimate of drug-likeness (QED) is 0.516. The van der Waals surface area contributed by atoms with Crippen molar-refractivity contribution in [3.8, 4) is 5.75 Å². The molecule has 0 bridgehead atoms. The van der Waals surface area contributed by atoms with E-state index in [1.807, 2.05) is 6.07 Å². The predicted molar refractivity (Wildman–Crippen MR) is 108 cm³/mol. The summed E-state index contributed by atoms with van der Waals surface area (Å²) in [5.41, 5.74) is 0.399. The molecule has 7 nitrogen and oxygen atoms in total. The minimum atomic E-state index is -0.525. The summed E-state index contributed by atoms with van der Waals surface area (Å²) in [5, 5.41) is 25.2. The normalized spacial score (nSPS) is 19.9. The summed E-state index contributed by atoms with van der Waals surface area (Å²) in [6, 6.07) is 3.15. The Morgan fingerprint density at radius 3 is 2.46 bits per heavy atom. The lowest BCUT2D eigenvalue weighted by atomic mass is 9.85. The number of nitrogens with zero attached hydrogens (tertiary/aromatic N) is 2. The van der Waals surface area contributed by atoms with E-state index in [4.69, 9.17) is 4.74 Å². The van der Waals surface area contributed by atoms with Gasteiger partial charge in [-0.3, -0.25) is 15.0 Å². The third-order valence-corrected chi connectivity index (χ3v) is 5.31. The molecule has 0 unspecified atom stereocenters. The number of nitrogens with one attached hydrogen (secondary N) is 1. The molecule has 2 aliphatic rings. The summed E-state index contributed by atoms with van der Waals surface area (Å²) < 4.78 is 6.10. The number of ether oxygens (including phenoxy) is 1. The molecule has 0 spiro atoms. The zero-order valence-electron chi connectivity index (χ0n) is 14.2. The average Bonchev–Trinajstić information content (AvgIpc) is 2.59. The molecule has 0 radical (unpaired) electrons. The fraction of sp³-hybridized carbons (Fsp3) is 0.625. The number of nitro benzene ring substituents is 1. The van der Waals surface area contributed by atoms with Crippen molar-refractivity contribution in [1.29, 1.82) is 0 Å². The van der Waals surface area contributed by atoms with Gasteiger partial charge in [0.15, 0.2) is 5.75 Å². The van der Waals surface area contributed by atoms with E-state index in [1.54, 1.807) is 0 Å². The summed E-state index contributed by atoms with van der Waals surface area (Å²) >= 11 is 3.36. The van der Waals surface area contributed by atoms with Gasteiger partial charge in [0.05, 0.1) is 4.92 Å². The number of nitro groups is 1. The van der Waals surface area contributed by atoms with Crippen molar-refractivity contribution in [2.45, 2.75) is 18.9 Å². The molecule has 148 valence electrons. The van der Waals surface area contributed by atoms with Crippen LogP contribution in [0.5, 0.6) is 5.75 Å². The summed E-state index contributed by atoms with van der Waals surface area (Å²) in [5.74, 6) is 0.106. The Bertz CT molecular complexity index is 593. The van der Waals surface area contributed by atoms with Crippen molar-refractivity contribution < 1.29 is 14.8 Å². The Balaban J connectivity index is 0.00000169. The van der Waals surface area contributed by atoms with E-state index < -0.39 is 4.92 Å². The second-order valence-electron chi connectivity index (χ2n) is 6.30. The zero-order chi connectivity index (χ0) is 17.1. The number of hydrogen-bond donors (Lipinski definition) is 2. The third-order valence-electron chi connectivity index (χ3n) is 4.86. The predicted octanol–water partition coefficient (Wildman–Crippen LogP) is 3.28. The van der Waals surface area contributed by atoms with Gasteiger partial charge in [-0.2, -0.15) is 0 Å². The maximum atomic E-state index is 11.3. The topological polar surface area (TPSA) is 87.9 Å². The molecule has 1 aromatic rings. The molecule has 2 aliphatic heterocycles. The molecular weight excluding hydrogens is 449 g/mol. The Morgan fingerprint density at radius 2 is 1.88 bits per heavy atom. The first-order valence-corrected chi connectivity index (χ1v) is 9.06. The van der Waals surface area contributed by atoms with Gasteiger partial charge >= 0.3 is 5.69 Å². The van der Waals surface area contributed by atoms with Crippen molar-refractivity contribution in [3.63, 3.8) is 0 Å². The van der Waals surface area contributed by atoms with Crippen molar-refractivity contribution in [3.05, 3.63) is 32.3 Å². The van der Waals surface area contributed by atoms with Gasteiger partial charge in [0.25, 0.3) is 0 Å². The maximum Gasteiger partial charge on any atom is 0.312 e. The molecule has 26 heavy (non-hydrogen) atoms. The van der Waals surface area contributed by atoms with Gasteiger partial charge in [-0.25, -0.2) is 0 Å². The van der Waals surface area contributed by atoms with Crippen LogP contribution >= 0.6 is 40.7 Å². The van der Waals surface area contributed by atoms with Crippen LogP contribution in [0.1, 0.15) is 24.4 Å². The highest BCUT2D eigenvalue weighted by molar-refractivity contribution is 9.10. The fourth-order valence-corrected chi connectivity index (χ4v) is 4.17. The minimum Gasteiger partial charge on any atom is -0.502 e. The Morgan fingerprint density at radius 1 is 1.27 bits per heavy atom. The molecular formula is C16H24BrCl2N3O4. The van der Waals surface area contributed by atoms with Gasteiger partial charge in [0.1, 0.15) is 0 Å². The first-order valence-electron chi connectivity index (χ1n) is 8.27. The van der Waals surface area contributed by atoms with E-state index in [9.17, 15) is 15.2 Å².